The van der Waals surface area contributed by atoms with Crippen molar-refractivity contribution in [1.29, 1.82) is 5.41 Å². The summed E-state index contributed by atoms with van der Waals surface area (Å²) in [6.07, 6.45) is -0.389. The third-order valence-electron chi connectivity index (χ3n) is 4.49. The van der Waals surface area contributed by atoms with Gasteiger partial charge in [0.1, 0.15) is 12.8 Å². The van der Waals surface area contributed by atoms with Gasteiger partial charge >= 0.3 is 5.97 Å². The molecule has 1 heterocycles. The van der Waals surface area contributed by atoms with E-state index in [4.69, 9.17) is 15.3 Å². The molecule has 2 atom stereocenters. The Morgan fingerprint density at radius 1 is 1.15 bits per heavy atom. The fourth-order valence-corrected chi connectivity index (χ4v) is 3.21. The van der Waals surface area contributed by atoms with E-state index in [9.17, 15) is 9.90 Å². The Hall–Kier alpha value is -2.54. The first-order valence-corrected chi connectivity index (χ1v) is 8.49. The lowest BCUT2D eigenvalue weighted by Gasteiger charge is -2.29. The first-order valence-electron chi connectivity index (χ1n) is 8.49. The topological polar surface area (TPSA) is 93.8 Å². The number of benzene rings is 2. The molecule has 1 saturated heterocycles. The number of hydrogen-bond donors (Lipinski definition) is 3. The number of hydrogen-bond acceptors (Lipinski definition) is 5. The average molecular weight is 354 g/mol. The van der Waals surface area contributed by atoms with Gasteiger partial charge in [0.05, 0.1) is 6.61 Å². The summed E-state index contributed by atoms with van der Waals surface area (Å²) in [5, 5.41) is 27.3. The molecule has 0 aliphatic carbocycles. The van der Waals surface area contributed by atoms with Crippen LogP contribution in [0, 0.1) is 5.41 Å². The zero-order valence-electron chi connectivity index (χ0n) is 14.3. The number of aliphatic hydroxyl groups excluding tert-OH is 1. The largest absolute Gasteiger partial charge is 0.480 e. The first kappa shape index (κ1) is 18.3. The summed E-state index contributed by atoms with van der Waals surface area (Å²) in [7, 11) is 0. The summed E-state index contributed by atoms with van der Waals surface area (Å²) < 4.78 is 5.17. The van der Waals surface area contributed by atoms with E-state index < -0.39 is 12.2 Å². The zero-order valence-corrected chi connectivity index (χ0v) is 14.3. The molecule has 0 radical (unpaired) electrons. The Morgan fingerprint density at radius 3 is 2.46 bits per heavy atom. The zero-order chi connectivity index (χ0) is 18.5. The van der Waals surface area contributed by atoms with Crippen LogP contribution < -0.4 is 0 Å². The minimum atomic E-state index is -1.03. The maximum absolute atomic E-state index is 10.7. The highest BCUT2D eigenvalue weighted by Gasteiger charge is 2.33. The van der Waals surface area contributed by atoms with E-state index in [1.54, 1.807) is 4.90 Å². The number of nitrogens with one attached hydrogen (secondary N) is 1. The van der Waals surface area contributed by atoms with Crippen LogP contribution in [-0.2, 0) is 9.53 Å². The van der Waals surface area contributed by atoms with Gasteiger partial charge in [0, 0.05) is 24.7 Å². The summed E-state index contributed by atoms with van der Waals surface area (Å²) in [5.74, 6) is -1.03. The van der Waals surface area contributed by atoms with Gasteiger partial charge in [0.2, 0.25) is 0 Å². The fourth-order valence-electron chi connectivity index (χ4n) is 3.21. The van der Waals surface area contributed by atoms with Crippen molar-refractivity contribution in [1.82, 2.24) is 4.90 Å². The Bertz CT molecular complexity index is 761. The van der Waals surface area contributed by atoms with Crippen LogP contribution in [-0.4, -0.2) is 52.6 Å². The van der Waals surface area contributed by atoms with Gasteiger partial charge in [-0.2, -0.15) is 0 Å². The number of likely N-dealkylation sites (tertiary alicyclic amines) is 1. The molecular formula is C20H22N2O4. The molecule has 26 heavy (non-hydrogen) atoms. The van der Waals surface area contributed by atoms with Crippen LogP contribution in [0.1, 0.15) is 18.2 Å². The van der Waals surface area contributed by atoms with Crippen molar-refractivity contribution in [2.45, 2.75) is 18.7 Å². The van der Waals surface area contributed by atoms with Crippen molar-refractivity contribution in [2.75, 3.05) is 19.8 Å². The highest BCUT2D eigenvalue weighted by atomic mass is 16.5. The molecule has 1 fully saturated rings. The van der Waals surface area contributed by atoms with Crippen LogP contribution in [0.2, 0.25) is 0 Å². The molecule has 136 valence electrons. The van der Waals surface area contributed by atoms with Gasteiger partial charge < -0.3 is 20.4 Å². The third kappa shape index (κ3) is 4.35. The first-order chi connectivity index (χ1) is 12.5. The summed E-state index contributed by atoms with van der Waals surface area (Å²) >= 11 is 0. The lowest BCUT2D eigenvalue weighted by molar-refractivity contribution is -0.143. The number of carboxylic acids is 1. The lowest BCUT2D eigenvalue weighted by atomic mass is 10.0. The van der Waals surface area contributed by atoms with Gasteiger partial charge in [-0.25, -0.2) is 4.79 Å². The molecule has 0 aromatic heterocycles. The average Bonchev–Trinajstić information content (AvgIpc) is 3.02. The predicted molar refractivity (Wildman–Crippen MR) is 98.1 cm³/mol. The standard InChI is InChI=1S/C20H22N2O4/c21-17-10-18(12-26-13-19(23)24)22(11-17)20(25)16-8-6-15(7-9-16)14-4-2-1-3-5-14/h1-9,18,20-21,25H,10-13H2,(H,23,24). The van der Waals surface area contributed by atoms with Crippen LogP contribution in [0.5, 0.6) is 0 Å². The van der Waals surface area contributed by atoms with Gasteiger partial charge in [0.15, 0.2) is 0 Å². The molecule has 0 spiro atoms. The molecule has 2 unspecified atom stereocenters. The fraction of sp³-hybridized carbons (Fsp3) is 0.300. The second-order valence-corrected chi connectivity index (χ2v) is 6.40. The SMILES string of the molecule is N=C1CC(COCC(=O)O)N(C(O)c2ccc(-c3ccccc3)cc2)C1. The second-order valence-electron chi connectivity index (χ2n) is 6.40. The van der Waals surface area contributed by atoms with Gasteiger partial charge in [-0.05, 0) is 16.7 Å². The number of carboxylic acid groups (broad SMARTS) is 1. The molecule has 1 aliphatic rings. The van der Waals surface area contributed by atoms with Crippen LogP contribution in [0.15, 0.2) is 54.6 Å². The number of ether oxygens (including phenoxy) is 1. The number of aliphatic hydroxyl groups is 1. The Labute approximate surface area is 152 Å². The van der Waals surface area contributed by atoms with Crippen molar-refractivity contribution < 1.29 is 19.7 Å². The van der Waals surface area contributed by atoms with E-state index in [-0.39, 0.29) is 19.3 Å². The number of nitrogens with zero attached hydrogens (tertiary/aromatic N) is 1. The molecule has 2 aromatic rings. The number of carbonyl (C=O) groups is 1. The van der Waals surface area contributed by atoms with Gasteiger partial charge in [0.25, 0.3) is 0 Å². The Morgan fingerprint density at radius 2 is 1.81 bits per heavy atom. The third-order valence-corrected chi connectivity index (χ3v) is 4.49. The van der Waals surface area contributed by atoms with Crippen molar-refractivity contribution in [3.63, 3.8) is 0 Å². The highest BCUT2D eigenvalue weighted by Crippen LogP contribution is 2.28. The van der Waals surface area contributed by atoms with E-state index in [0.717, 1.165) is 16.7 Å². The minimum absolute atomic E-state index is 0.174. The maximum Gasteiger partial charge on any atom is 0.329 e. The number of aliphatic carboxylic acids is 1. The smallest absolute Gasteiger partial charge is 0.329 e. The van der Waals surface area contributed by atoms with Gasteiger partial charge in [-0.1, -0.05) is 54.6 Å². The Kier molecular flexibility index (Phi) is 5.78. The maximum atomic E-state index is 10.7. The van der Waals surface area contributed by atoms with Crippen molar-refractivity contribution in [2.24, 2.45) is 0 Å². The van der Waals surface area contributed by atoms with Gasteiger partial charge in [-0.15, -0.1) is 0 Å². The molecule has 0 saturated carbocycles. The predicted octanol–water partition coefficient (Wildman–Crippen LogP) is 2.54. The van der Waals surface area contributed by atoms with Crippen molar-refractivity contribution >= 4 is 11.7 Å². The van der Waals surface area contributed by atoms with Crippen LogP contribution >= 0.6 is 0 Å². The summed E-state index contributed by atoms with van der Waals surface area (Å²) in [6, 6.07) is 17.5. The minimum Gasteiger partial charge on any atom is -0.480 e. The van der Waals surface area contributed by atoms with E-state index in [0.29, 0.717) is 18.7 Å². The van der Waals surface area contributed by atoms with Crippen molar-refractivity contribution in [3.8, 4) is 11.1 Å². The van der Waals surface area contributed by atoms with Gasteiger partial charge in [-0.3, -0.25) is 4.90 Å². The molecular weight excluding hydrogens is 332 g/mol. The van der Waals surface area contributed by atoms with E-state index in [1.165, 1.54) is 0 Å². The van der Waals surface area contributed by atoms with Crippen LogP contribution in [0.3, 0.4) is 0 Å². The summed E-state index contributed by atoms with van der Waals surface area (Å²) in [4.78, 5) is 12.4. The Balaban J connectivity index is 1.69. The van der Waals surface area contributed by atoms with E-state index >= 15 is 0 Å². The van der Waals surface area contributed by atoms with E-state index in [2.05, 4.69) is 0 Å². The molecule has 2 aromatic carbocycles. The quantitative estimate of drug-likeness (QED) is 0.710. The number of rotatable bonds is 7. The monoisotopic (exact) mass is 354 g/mol. The molecule has 0 bridgehead atoms. The van der Waals surface area contributed by atoms with E-state index in [1.807, 2.05) is 54.6 Å². The molecule has 0 amide bonds. The van der Waals surface area contributed by atoms with Crippen molar-refractivity contribution in [3.05, 3.63) is 60.2 Å². The molecule has 6 nitrogen and oxygen atoms in total. The van der Waals surface area contributed by atoms with Crippen LogP contribution in [0.4, 0.5) is 0 Å². The molecule has 3 N–H and O–H groups in total. The van der Waals surface area contributed by atoms with Crippen LogP contribution in [0.25, 0.3) is 11.1 Å². The lowest BCUT2D eigenvalue weighted by Crippen LogP contribution is -2.37. The molecule has 3 rings (SSSR count). The highest BCUT2D eigenvalue weighted by molar-refractivity contribution is 5.86. The molecule has 6 heteroatoms. The second kappa shape index (κ2) is 8.23. The summed E-state index contributed by atoms with van der Waals surface area (Å²) in [5.41, 5.74) is 3.42. The summed E-state index contributed by atoms with van der Waals surface area (Å²) in [6.45, 7) is 0.149. The molecule has 1 aliphatic heterocycles. The normalized spacial score (nSPS) is 18.8.